The molecule has 5 nitrogen and oxygen atoms in total. The maximum atomic E-state index is 10.5. The summed E-state index contributed by atoms with van der Waals surface area (Å²) in [4.78, 5) is 4.16. The van der Waals surface area contributed by atoms with Crippen molar-refractivity contribution in [2.75, 3.05) is 21.3 Å². The molecule has 0 bridgehead atoms. The SMILES string of the molecule is COc1cc(OC)c(C(O)c2ccccn2)c(OC)c1. The molecule has 20 heavy (non-hydrogen) atoms. The van der Waals surface area contributed by atoms with Crippen LogP contribution in [0.3, 0.4) is 0 Å². The Kier molecular flexibility index (Phi) is 4.42. The molecule has 1 heterocycles. The van der Waals surface area contributed by atoms with E-state index in [4.69, 9.17) is 14.2 Å². The molecule has 1 atom stereocenters. The van der Waals surface area contributed by atoms with E-state index in [9.17, 15) is 5.11 Å². The number of pyridine rings is 1. The fourth-order valence-electron chi connectivity index (χ4n) is 1.99. The number of aliphatic hydroxyl groups is 1. The van der Waals surface area contributed by atoms with Crippen LogP contribution < -0.4 is 14.2 Å². The average Bonchev–Trinajstić information content (AvgIpc) is 2.53. The zero-order valence-corrected chi connectivity index (χ0v) is 11.7. The lowest BCUT2D eigenvalue weighted by Gasteiger charge is -2.18. The van der Waals surface area contributed by atoms with E-state index in [-0.39, 0.29) is 0 Å². The van der Waals surface area contributed by atoms with Gasteiger partial charge in [0.15, 0.2) is 0 Å². The van der Waals surface area contributed by atoms with Crippen LogP contribution in [0, 0.1) is 0 Å². The van der Waals surface area contributed by atoms with Gasteiger partial charge in [0.1, 0.15) is 23.4 Å². The Morgan fingerprint density at radius 3 is 2.10 bits per heavy atom. The van der Waals surface area contributed by atoms with E-state index in [1.165, 1.54) is 14.2 Å². The van der Waals surface area contributed by atoms with Crippen molar-refractivity contribution in [3.05, 3.63) is 47.8 Å². The summed E-state index contributed by atoms with van der Waals surface area (Å²) in [6, 6.07) is 8.74. The molecule has 2 rings (SSSR count). The standard InChI is InChI=1S/C15H17NO4/c1-18-10-8-12(19-2)14(13(9-10)20-3)15(17)11-6-4-5-7-16-11/h4-9,15,17H,1-3H3. The van der Waals surface area contributed by atoms with Crippen molar-refractivity contribution >= 4 is 0 Å². The van der Waals surface area contributed by atoms with Gasteiger partial charge in [0.25, 0.3) is 0 Å². The Balaban J connectivity index is 2.54. The van der Waals surface area contributed by atoms with Gasteiger partial charge in [-0.15, -0.1) is 0 Å². The summed E-state index contributed by atoms with van der Waals surface area (Å²) in [5, 5.41) is 10.5. The lowest BCUT2D eigenvalue weighted by Crippen LogP contribution is -2.07. The lowest BCUT2D eigenvalue weighted by atomic mass is 10.0. The Morgan fingerprint density at radius 1 is 1.00 bits per heavy atom. The molecule has 0 radical (unpaired) electrons. The predicted molar refractivity (Wildman–Crippen MR) is 74.4 cm³/mol. The molecular weight excluding hydrogens is 258 g/mol. The lowest BCUT2D eigenvalue weighted by molar-refractivity contribution is 0.204. The third-order valence-electron chi connectivity index (χ3n) is 2.99. The second-order valence-corrected chi connectivity index (χ2v) is 4.10. The van der Waals surface area contributed by atoms with Gasteiger partial charge in [-0.25, -0.2) is 0 Å². The second-order valence-electron chi connectivity index (χ2n) is 4.10. The van der Waals surface area contributed by atoms with Crippen molar-refractivity contribution < 1.29 is 19.3 Å². The molecule has 2 aromatic rings. The average molecular weight is 275 g/mol. The van der Waals surface area contributed by atoms with E-state index < -0.39 is 6.10 Å². The van der Waals surface area contributed by atoms with E-state index >= 15 is 0 Å². The van der Waals surface area contributed by atoms with Crippen molar-refractivity contribution in [1.29, 1.82) is 0 Å². The summed E-state index contributed by atoms with van der Waals surface area (Å²) >= 11 is 0. The zero-order valence-electron chi connectivity index (χ0n) is 11.7. The number of aliphatic hydroxyl groups excluding tert-OH is 1. The van der Waals surface area contributed by atoms with E-state index in [1.54, 1.807) is 37.6 Å². The minimum Gasteiger partial charge on any atom is -0.496 e. The molecule has 0 amide bonds. The van der Waals surface area contributed by atoms with Crippen LogP contribution in [0.1, 0.15) is 17.4 Å². The highest BCUT2D eigenvalue weighted by Crippen LogP contribution is 2.40. The summed E-state index contributed by atoms with van der Waals surface area (Å²) in [5.41, 5.74) is 1.05. The molecule has 0 aliphatic heterocycles. The molecule has 1 aromatic carbocycles. The molecule has 1 N–H and O–H groups in total. The summed E-state index contributed by atoms with van der Waals surface area (Å²) in [5.74, 6) is 1.56. The van der Waals surface area contributed by atoms with Crippen LogP contribution in [-0.2, 0) is 0 Å². The number of methoxy groups -OCH3 is 3. The van der Waals surface area contributed by atoms with Crippen molar-refractivity contribution in [3.63, 3.8) is 0 Å². The van der Waals surface area contributed by atoms with E-state index in [2.05, 4.69) is 4.98 Å². The van der Waals surface area contributed by atoms with Crippen molar-refractivity contribution in [2.45, 2.75) is 6.10 Å². The van der Waals surface area contributed by atoms with Gasteiger partial charge in [-0.1, -0.05) is 6.07 Å². The largest absolute Gasteiger partial charge is 0.496 e. The van der Waals surface area contributed by atoms with Crippen molar-refractivity contribution in [1.82, 2.24) is 4.98 Å². The highest BCUT2D eigenvalue weighted by molar-refractivity contribution is 5.53. The highest BCUT2D eigenvalue weighted by atomic mass is 16.5. The number of nitrogens with zero attached hydrogens (tertiary/aromatic N) is 1. The van der Waals surface area contributed by atoms with Crippen LogP contribution in [-0.4, -0.2) is 31.4 Å². The number of ether oxygens (including phenoxy) is 3. The number of aromatic nitrogens is 1. The number of benzene rings is 1. The molecule has 106 valence electrons. The summed E-state index contributed by atoms with van der Waals surface area (Å²) < 4.78 is 15.8. The maximum absolute atomic E-state index is 10.5. The summed E-state index contributed by atoms with van der Waals surface area (Å²) in [6.07, 6.45) is 0.688. The predicted octanol–water partition coefficient (Wildman–Crippen LogP) is 2.19. The topological polar surface area (TPSA) is 60.8 Å². The third-order valence-corrected chi connectivity index (χ3v) is 2.99. The minimum atomic E-state index is -0.938. The monoisotopic (exact) mass is 275 g/mol. The molecule has 1 aromatic heterocycles. The molecule has 0 aliphatic rings. The smallest absolute Gasteiger partial charge is 0.132 e. The van der Waals surface area contributed by atoms with Gasteiger partial charge >= 0.3 is 0 Å². The van der Waals surface area contributed by atoms with Crippen LogP contribution in [0.5, 0.6) is 17.2 Å². The molecule has 1 unspecified atom stereocenters. The number of hydrogen-bond donors (Lipinski definition) is 1. The first kappa shape index (κ1) is 14.1. The van der Waals surface area contributed by atoms with Gasteiger partial charge in [-0.05, 0) is 12.1 Å². The summed E-state index contributed by atoms with van der Waals surface area (Å²) in [7, 11) is 4.62. The van der Waals surface area contributed by atoms with Crippen molar-refractivity contribution in [3.8, 4) is 17.2 Å². The van der Waals surface area contributed by atoms with Crippen molar-refractivity contribution in [2.24, 2.45) is 0 Å². The Bertz CT molecular complexity index is 546. The van der Waals surface area contributed by atoms with Crippen LogP contribution >= 0.6 is 0 Å². The maximum Gasteiger partial charge on any atom is 0.132 e. The van der Waals surface area contributed by atoms with Crippen LogP contribution in [0.25, 0.3) is 0 Å². The highest BCUT2D eigenvalue weighted by Gasteiger charge is 2.22. The van der Waals surface area contributed by atoms with Crippen LogP contribution in [0.2, 0.25) is 0 Å². The van der Waals surface area contributed by atoms with Gasteiger partial charge in [-0.3, -0.25) is 4.98 Å². The van der Waals surface area contributed by atoms with Gasteiger partial charge in [0.2, 0.25) is 0 Å². The molecule has 0 fully saturated rings. The first-order valence-electron chi connectivity index (χ1n) is 6.10. The number of hydrogen-bond acceptors (Lipinski definition) is 5. The molecule has 0 spiro atoms. The van der Waals surface area contributed by atoms with E-state index in [1.807, 2.05) is 6.07 Å². The molecular formula is C15H17NO4. The van der Waals surface area contributed by atoms with Crippen LogP contribution in [0.15, 0.2) is 36.5 Å². The zero-order chi connectivity index (χ0) is 14.5. The fraction of sp³-hybridized carbons (Fsp3) is 0.267. The van der Waals surface area contributed by atoms with E-state index in [0.29, 0.717) is 28.5 Å². The molecule has 0 aliphatic carbocycles. The molecule has 0 saturated carbocycles. The quantitative estimate of drug-likeness (QED) is 0.906. The van der Waals surface area contributed by atoms with E-state index in [0.717, 1.165) is 0 Å². The Hall–Kier alpha value is -2.27. The van der Waals surface area contributed by atoms with Gasteiger partial charge in [-0.2, -0.15) is 0 Å². The van der Waals surface area contributed by atoms with Gasteiger partial charge in [0, 0.05) is 18.3 Å². The number of rotatable bonds is 5. The first-order chi connectivity index (χ1) is 9.71. The van der Waals surface area contributed by atoms with Gasteiger partial charge < -0.3 is 19.3 Å². The third kappa shape index (κ3) is 2.67. The Labute approximate surface area is 117 Å². The first-order valence-corrected chi connectivity index (χ1v) is 6.10. The molecule has 5 heteroatoms. The van der Waals surface area contributed by atoms with Gasteiger partial charge in [0.05, 0.1) is 32.6 Å². The Morgan fingerprint density at radius 2 is 1.65 bits per heavy atom. The fourth-order valence-corrected chi connectivity index (χ4v) is 1.99. The van der Waals surface area contributed by atoms with Crippen LogP contribution in [0.4, 0.5) is 0 Å². The summed E-state index contributed by atoms with van der Waals surface area (Å²) in [6.45, 7) is 0. The minimum absolute atomic E-state index is 0.486. The normalized spacial score (nSPS) is 11.8. The molecule has 0 saturated heterocycles. The second kappa shape index (κ2) is 6.25.